The van der Waals surface area contributed by atoms with Gasteiger partial charge in [-0.3, -0.25) is 9.69 Å². The lowest BCUT2D eigenvalue weighted by molar-refractivity contribution is -0.117. The van der Waals surface area contributed by atoms with Crippen LogP contribution in [0.3, 0.4) is 0 Å². The average Bonchev–Trinajstić information content (AvgIpc) is 3.30. The van der Waals surface area contributed by atoms with Crippen molar-refractivity contribution in [1.82, 2.24) is 19.7 Å². The molecule has 0 fully saturated rings. The van der Waals surface area contributed by atoms with Crippen molar-refractivity contribution in [2.45, 2.75) is 6.04 Å². The van der Waals surface area contributed by atoms with Crippen molar-refractivity contribution in [3.63, 3.8) is 0 Å². The number of halogens is 1. The van der Waals surface area contributed by atoms with Gasteiger partial charge < -0.3 is 5.32 Å². The van der Waals surface area contributed by atoms with E-state index in [1.165, 1.54) is 6.33 Å². The maximum Gasteiger partial charge on any atom is 0.238 e. The van der Waals surface area contributed by atoms with Gasteiger partial charge in [0.2, 0.25) is 5.91 Å². The van der Waals surface area contributed by atoms with E-state index in [9.17, 15) is 4.79 Å². The molecule has 0 aliphatic heterocycles. The Bertz CT molecular complexity index is 1090. The van der Waals surface area contributed by atoms with Gasteiger partial charge in [-0.25, -0.2) is 9.67 Å². The van der Waals surface area contributed by atoms with Gasteiger partial charge >= 0.3 is 0 Å². The predicted molar refractivity (Wildman–Crippen MR) is 122 cm³/mol. The minimum Gasteiger partial charge on any atom is -0.323 e. The van der Waals surface area contributed by atoms with Gasteiger partial charge in [-0.15, -0.1) is 0 Å². The molecule has 7 heteroatoms. The number of rotatable bonds is 7. The van der Waals surface area contributed by atoms with Crippen molar-refractivity contribution in [3.8, 4) is 5.69 Å². The predicted octanol–water partition coefficient (Wildman–Crippen LogP) is 4.58. The molecule has 6 nitrogen and oxygen atoms in total. The van der Waals surface area contributed by atoms with Gasteiger partial charge in [-0.1, -0.05) is 72.3 Å². The molecular weight excluding hydrogens is 410 g/mol. The minimum atomic E-state index is -0.150. The Kier molecular flexibility index (Phi) is 6.40. The van der Waals surface area contributed by atoms with Crippen LogP contribution < -0.4 is 5.32 Å². The highest BCUT2D eigenvalue weighted by atomic mass is 35.5. The van der Waals surface area contributed by atoms with Crippen molar-refractivity contribution in [2.24, 2.45) is 0 Å². The molecule has 1 amide bonds. The largest absolute Gasteiger partial charge is 0.323 e. The fraction of sp³-hybridized carbons (Fsp3) is 0.125. The standard InChI is InChI=1S/C24H22ClN5O/c1-29(24(18-8-4-2-5-9-18)19-10-6-3-7-11-19)15-23(31)28-21-14-20(25)12-13-22(21)30-17-26-16-27-30/h2-14,16-17,24H,15H2,1H3,(H,28,31). The highest BCUT2D eigenvalue weighted by molar-refractivity contribution is 6.31. The van der Waals surface area contributed by atoms with Crippen LogP contribution in [0, 0.1) is 0 Å². The number of benzene rings is 3. The number of likely N-dealkylation sites (N-methyl/N-ethyl adjacent to an activating group) is 1. The lowest BCUT2D eigenvalue weighted by Gasteiger charge is -2.28. The summed E-state index contributed by atoms with van der Waals surface area (Å²) >= 11 is 6.17. The van der Waals surface area contributed by atoms with E-state index in [4.69, 9.17) is 11.6 Å². The molecule has 0 saturated heterocycles. The molecule has 3 aromatic carbocycles. The second kappa shape index (κ2) is 9.55. The van der Waals surface area contributed by atoms with Crippen LogP contribution in [0.2, 0.25) is 5.02 Å². The zero-order valence-electron chi connectivity index (χ0n) is 17.0. The van der Waals surface area contributed by atoms with E-state index in [1.54, 1.807) is 29.2 Å². The Morgan fingerprint density at radius 1 is 1.03 bits per heavy atom. The summed E-state index contributed by atoms with van der Waals surface area (Å²) in [7, 11) is 1.94. The summed E-state index contributed by atoms with van der Waals surface area (Å²) in [5.74, 6) is -0.150. The van der Waals surface area contributed by atoms with Crippen LogP contribution >= 0.6 is 11.6 Å². The molecular formula is C24H22ClN5O. The summed E-state index contributed by atoms with van der Waals surface area (Å²) in [6.45, 7) is 0.192. The first kappa shape index (κ1) is 20.8. The molecule has 0 unspecified atom stereocenters. The summed E-state index contributed by atoms with van der Waals surface area (Å²) in [5.41, 5.74) is 3.51. The molecule has 0 aliphatic carbocycles. The van der Waals surface area contributed by atoms with Crippen LogP contribution in [-0.4, -0.2) is 39.2 Å². The van der Waals surface area contributed by atoms with Crippen LogP contribution in [0.15, 0.2) is 91.5 Å². The van der Waals surface area contributed by atoms with E-state index in [0.29, 0.717) is 16.4 Å². The van der Waals surface area contributed by atoms with Gasteiger partial charge in [0.1, 0.15) is 12.7 Å². The fourth-order valence-corrected chi connectivity index (χ4v) is 3.79. The molecule has 0 atom stereocenters. The molecule has 1 N–H and O–H groups in total. The lowest BCUT2D eigenvalue weighted by Crippen LogP contribution is -2.34. The number of carbonyl (C=O) groups is 1. The first-order valence-corrected chi connectivity index (χ1v) is 10.2. The van der Waals surface area contributed by atoms with E-state index in [1.807, 2.05) is 48.3 Å². The molecule has 31 heavy (non-hydrogen) atoms. The van der Waals surface area contributed by atoms with Gasteiger partial charge in [-0.05, 0) is 36.4 Å². The third-order valence-corrected chi connectivity index (χ3v) is 5.20. The monoisotopic (exact) mass is 431 g/mol. The minimum absolute atomic E-state index is 0.0534. The Morgan fingerprint density at radius 3 is 2.26 bits per heavy atom. The summed E-state index contributed by atoms with van der Waals surface area (Å²) in [6, 6.07) is 25.5. The van der Waals surface area contributed by atoms with E-state index in [0.717, 1.165) is 11.1 Å². The Labute approximate surface area is 186 Å². The molecule has 0 aliphatic rings. The second-order valence-corrected chi connectivity index (χ2v) is 7.63. The highest BCUT2D eigenvalue weighted by Gasteiger charge is 2.21. The van der Waals surface area contributed by atoms with Crippen LogP contribution in [-0.2, 0) is 4.79 Å². The number of nitrogens with one attached hydrogen (secondary N) is 1. The zero-order valence-corrected chi connectivity index (χ0v) is 17.8. The van der Waals surface area contributed by atoms with Crippen molar-refractivity contribution in [2.75, 3.05) is 18.9 Å². The molecule has 156 valence electrons. The smallest absolute Gasteiger partial charge is 0.238 e. The fourth-order valence-electron chi connectivity index (χ4n) is 3.62. The van der Waals surface area contributed by atoms with Crippen LogP contribution in [0.4, 0.5) is 5.69 Å². The van der Waals surface area contributed by atoms with E-state index in [2.05, 4.69) is 39.7 Å². The molecule has 0 bridgehead atoms. The Hall–Kier alpha value is -3.48. The zero-order chi connectivity index (χ0) is 21.6. The normalized spacial score (nSPS) is 11.1. The third kappa shape index (κ3) is 4.99. The van der Waals surface area contributed by atoms with E-state index in [-0.39, 0.29) is 18.5 Å². The molecule has 0 radical (unpaired) electrons. The third-order valence-electron chi connectivity index (χ3n) is 4.96. The molecule has 1 aromatic heterocycles. The maximum absolute atomic E-state index is 13.0. The van der Waals surface area contributed by atoms with E-state index < -0.39 is 0 Å². The summed E-state index contributed by atoms with van der Waals surface area (Å²) in [5, 5.41) is 7.65. The second-order valence-electron chi connectivity index (χ2n) is 7.19. The number of aromatic nitrogens is 3. The van der Waals surface area contributed by atoms with E-state index >= 15 is 0 Å². The van der Waals surface area contributed by atoms with Crippen molar-refractivity contribution in [1.29, 1.82) is 0 Å². The molecule has 4 aromatic rings. The Balaban J connectivity index is 1.56. The van der Waals surface area contributed by atoms with Crippen LogP contribution in [0.5, 0.6) is 0 Å². The number of anilines is 1. The number of hydrogen-bond acceptors (Lipinski definition) is 4. The highest BCUT2D eigenvalue weighted by Crippen LogP contribution is 2.28. The molecule has 1 heterocycles. The van der Waals surface area contributed by atoms with Gasteiger partial charge in [0.15, 0.2) is 0 Å². The number of nitrogens with zero attached hydrogens (tertiary/aromatic N) is 4. The van der Waals surface area contributed by atoms with Crippen molar-refractivity contribution < 1.29 is 4.79 Å². The van der Waals surface area contributed by atoms with Gasteiger partial charge in [0.05, 0.1) is 24.0 Å². The van der Waals surface area contributed by atoms with Crippen LogP contribution in [0.1, 0.15) is 17.2 Å². The van der Waals surface area contributed by atoms with Crippen molar-refractivity contribution in [3.05, 3.63) is 108 Å². The lowest BCUT2D eigenvalue weighted by atomic mass is 9.97. The first-order chi connectivity index (χ1) is 15.1. The molecule has 0 spiro atoms. The summed E-state index contributed by atoms with van der Waals surface area (Å²) < 4.78 is 1.59. The van der Waals surface area contributed by atoms with Gasteiger partial charge in [-0.2, -0.15) is 5.10 Å². The van der Waals surface area contributed by atoms with Gasteiger partial charge in [0.25, 0.3) is 0 Å². The average molecular weight is 432 g/mol. The topological polar surface area (TPSA) is 63.1 Å². The SMILES string of the molecule is CN(CC(=O)Nc1cc(Cl)ccc1-n1cncn1)C(c1ccccc1)c1ccccc1. The first-order valence-electron chi connectivity index (χ1n) is 9.86. The quantitative estimate of drug-likeness (QED) is 0.465. The number of carbonyl (C=O) groups excluding carboxylic acids is 1. The molecule has 4 rings (SSSR count). The van der Waals surface area contributed by atoms with Gasteiger partial charge in [0, 0.05) is 5.02 Å². The number of hydrogen-bond donors (Lipinski definition) is 1. The summed E-state index contributed by atoms with van der Waals surface area (Å²) in [4.78, 5) is 19.0. The van der Waals surface area contributed by atoms with Crippen LogP contribution in [0.25, 0.3) is 5.69 Å². The van der Waals surface area contributed by atoms with Crippen molar-refractivity contribution >= 4 is 23.2 Å². The summed E-state index contributed by atoms with van der Waals surface area (Å²) in [6.07, 6.45) is 3.02. The maximum atomic E-state index is 13.0. The number of amides is 1. The Morgan fingerprint density at radius 2 is 1.68 bits per heavy atom. The molecule has 0 saturated carbocycles.